The lowest BCUT2D eigenvalue weighted by atomic mass is 10.1. The predicted octanol–water partition coefficient (Wildman–Crippen LogP) is 3.53. The monoisotopic (exact) mass is 442 g/mol. The molecule has 0 radical (unpaired) electrons. The Morgan fingerprint density at radius 1 is 1.06 bits per heavy atom. The molecular weight excluding hydrogens is 418 g/mol. The highest BCUT2D eigenvalue weighted by atomic mass is 19.3. The fourth-order valence-electron chi connectivity index (χ4n) is 3.56. The molecule has 1 saturated heterocycles. The lowest BCUT2D eigenvalue weighted by Crippen LogP contribution is -2.48. The van der Waals surface area contributed by atoms with E-state index in [4.69, 9.17) is 4.52 Å². The average molecular weight is 442 g/mol. The van der Waals surface area contributed by atoms with Gasteiger partial charge >= 0.3 is 6.61 Å². The quantitative estimate of drug-likeness (QED) is 0.558. The van der Waals surface area contributed by atoms with Gasteiger partial charge < -0.3 is 14.2 Å². The summed E-state index contributed by atoms with van der Waals surface area (Å²) >= 11 is 0. The molecule has 32 heavy (non-hydrogen) atoms. The van der Waals surface area contributed by atoms with Crippen LogP contribution >= 0.6 is 0 Å². The third kappa shape index (κ3) is 5.67. The van der Waals surface area contributed by atoms with Gasteiger partial charge in [0.15, 0.2) is 0 Å². The van der Waals surface area contributed by atoms with Crippen LogP contribution in [0, 0.1) is 6.92 Å². The SMILES string of the molecule is Cc1ccc(-c2noc(CN3CCN(C(=O)Cc4ccc(OC(F)F)cc4)CC3)n2)cc1. The molecule has 1 aliphatic heterocycles. The summed E-state index contributed by atoms with van der Waals surface area (Å²) in [4.78, 5) is 21.1. The van der Waals surface area contributed by atoms with E-state index in [1.165, 1.54) is 17.7 Å². The van der Waals surface area contributed by atoms with Gasteiger partial charge in [-0.3, -0.25) is 9.69 Å². The van der Waals surface area contributed by atoms with Gasteiger partial charge in [0, 0.05) is 31.7 Å². The number of ether oxygens (including phenoxy) is 1. The number of hydrogen-bond donors (Lipinski definition) is 0. The normalized spacial score (nSPS) is 14.7. The number of carbonyl (C=O) groups is 1. The van der Waals surface area contributed by atoms with Crippen LogP contribution in [0.1, 0.15) is 17.0 Å². The van der Waals surface area contributed by atoms with Crippen LogP contribution in [0.15, 0.2) is 53.1 Å². The van der Waals surface area contributed by atoms with Crippen molar-refractivity contribution in [1.29, 1.82) is 0 Å². The van der Waals surface area contributed by atoms with Crippen molar-refractivity contribution in [2.75, 3.05) is 26.2 Å². The maximum Gasteiger partial charge on any atom is 0.387 e. The summed E-state index contributed by atoms with van der Waals surface area (Å²) in [6.07, 6.45) is 0.221. The summed E-state index contributed by atoms with van der Waals surface area (Å²) < 4.78 is 34.2. The van der Waals surface area contributed by atoms with Crippen LogP contribution in [0.25, 0.3) is 11.4 Å². The van der Waals surface area contributed by atoms with E-state index in [-0.39, 0.29) is 18.1 Å². The van der Waals surface area contributed by atoms with E-state index in [9.17, 15) is 13.6 Å². The van der Waals surface area contributed by atoms with Gasteiger partial charge in [-0.05, 0) is 24.6 Å². The highest BCUT2D eigenvalue weighted by Gasteiger charge is 2.23. The third-order valence-electron chi connectivity index (χ3n) is 5.37. The van der Waals surface area contributed by atoms with E-state index in [0.29, 0.717) is 44.4 Å². The zero-order chi connectivity index (χ0) is 22.5. The summed E-state index contributed by atoms with van der Waals surface area (Å²) in [6, 6.07) is 14.1. The maximum atomic E-state index is 12.6. The summed E-state index contributed by atoms with van der Waals surface area (Å²) in [5.41, 5.74) is 2.84. The van der Waals surface area contributed by atoms with Gasteiger partial charge in [0.05, 0.1) is 13.0 Å². The van der Waals surface area contributed by atoms with Gasteiger partial charge in [0.1, 0.15) is 5.75 Å². The number of aryl methyl sites for hydroxylation is 1. The Morgan fingerprint density at radius 2 is 1.75 bits per heavy atom. The van der Waals surface area contributed by atoms with Gasteiger partial charge in [-0.25, -0.2) is 0 Å². The van der Waals surface area contributed by atoms with Crippen molar-refractivity contribution in [3.05, 3.63) is 65.5 Å². The Morgan fingerprint density at radius 3 is 2.41 bits per heavy atom. The van der Waals surface area contributed by atoms with E-state index in [0.717, 1.165) is 11.1 Å². The van der Waals surface area contributed by atoms with Crippen LogP contribution in [0.2, 0.25) is 0 Å². The van der Waals surface area contributed by atoms with Crippen molar-refractivity contribution < 1.29 is 22.8 Å². The fourth-order valence-corrected chi connectivity index (χ4v) is 3.56. The summed E-state index contributed by atoms with van der Waals surface area (Å²) in [7, 11) is 0. The first-order valence-electron chi connectivity index (χ1n) is 10.4. The van der Waals surface area contributed by atoms with Crippen LogP contribution in [-0.4, -0.2) is 58.6 Å². The molecule has 1 aromatic heterocycles. The molecule has 2 aromatic carbocycles. The van der Waals surface area contributed by atoms with Crippen LogP contribution < -0.4 is 4.74 Å². The zero-order valence-electron chi connectivity index (χ0n) is 17.7. The molecule has 0 saturated carbocycles. The third-order valence-corrected chi connectivity index (χ3v) is 5.37. The van der Waals surface area contributed by atoms with Crippen molar-refractivity contribution in [2.24, 2.45) is 0 Å². The van der Waals surface area contributed by atoms with Crippen LogP contribution in [0.4, 0.5) is 8.78 Å². The number of carbonyl (C=O) groups excluding carboxylic acids is 1. The molecule has 1 fully saturated rings. The first-order valence-corrected chi connectivity index (χ1v) is 10.4. The highest BCUT2D eigenvalue weighted by molar-refractivity contribution is 5.79. The lowest BCUT2D eigenvalue weighted by Gasteiger charge is -2.34. The Hall–Kier alpha value is -3.33. The molecule has 1 aliphatic rings. The van der Waals surface area contributed by atoms with Gasteiger partial charge in [-0.1, -0.05) is 47.1 Å². The number of benzene rings is 2. The van der Waals surface area contributed by atoms with Crippen LogP contribution in [0.3, 0.4) is 0 Å². The minimum Gasteiger partial charge on any atom is -0.435 e. The van der Waals surface area contributed by atoms with E-state index in [2.05, 4.69) is 19.8 Å². The topological polar surface area (TPSA) is 71.7 Å². The number of aromatic nitrogens is 2. The molecule has 9 heteroatoms. The minimum absolute atomic E-state index is 0.00613. The lowest BCUT2D eigenvalue weighted by molar-refractivity contribution is -0.132. The van der Waals surface area contributed by atoms with Crippen molar-refractivity contribution >= 4 is 5.91 Å². The number of amides is 1. The Balaban J connectivity index is 1.25. The molecule has 0 N–H and O–H groups in total. The van der Waals surface area contributed by atoms with Gasteiger partial charge in [-0.15, -0.1) is 0 Å². The number of halogens is 2. The first-order chi connectivity index (χ1) is 15.5. The van der Waals surface area contributed by atoms with Gasteiger partial charge in [0.25, 0.3) is 0 Å². The van der Waals surface area contributed by atoms with Crippen LogP contribution in [0.5, 0.6) is 5.75 Å². The number of nitrogens with zero attached hydrogens (tertiary/aromatic N) is 4. The molecule has 0 aliphatic carbocycles. The van der Waals surface area contributed by atoms with Crippen molar-refractivity contribution in [1.82, 2.24) is 19.9 Å². The first kappa shape index (κ1) is 21.9. The second-order valence-electron chi connectivity index (χ2n) is 7.73. The summed E-state index contributed by atoms with van der Waals surface area (Å²) in [6.45, 7) is 2.31. The molecule has 0 bridgehead atoms. The Labute approximate surface area is 184 Å². The second kappa shape index (κ2) is 9.86. The number of rotatable bonds is 7. The molecule has 3 aromatic rings. The number of hydrogen-bond acceptors (Lipinski definition) is 6. The predicted molar refractivity (Wildman–Crippen MR) is 113 cm³/mol. The molecular formula is C23H24F2N4O3. The van der Waals surface area contributed by atoms with Crippen LogP contribution in [-0.2, 0) is 17.8 Å². The summed E-state index contributed by atoms with van der Waals surface area (Å²) in [5, 5.41) is 4.07. The molecule has 2 heterocycles. The van der Waals surface area contributed by atoms with Crippen molar-refractivity contribution in [3.8, 4) is 17.1 Å². The number of alkyl halides is 2. The fraction of sp³-hybridized carbons (Fsp3) is 0.348. The zero-order valence-corrected chi connectivity index (χ0v) is 17.7. The van der Waals surface area contributed by atoms with Crippen molar-refractivity contribution in [2.45, 2.75) is 26.5 Å². The molecule has 4 rings (SSSR count). The second-order valence-corrected chi connectivity index (χ2v) is 7.73. The molecule has 7 nitrogen and oxygen atoms in total. The average Bonchev–Trinajstić information content (AvgIpc) is 3.24. The highest BCUT2D eigenvalue weighted by Crippen LogP contribution is 2.18. The molecule has 0 atom stereocenters. The standard InChI is InChI=1S/C23H24F2N4O3/c1-16-2-6-18(7-3-16)22-26-20(32-27-22)15-28-10-12-29(13-11-28)21(30)14-17-4-8-19(9-5-17)31-23(24)25/h2-9,23H,10-15H2,1H3. The largest absolute Gasteiger partial charge is 0.435 e. The number of piperazine rings is 1. The molecule has 0 spiro atoms. The maximum absolute atomic E-state index is 12.6. The van der Waals surface area contributed by atoms with E-state index >= 15 is 0 Å². The Bertz CT molecular complexity index is 1030. The smallest absolute Gasteiger partial charge is 0.387 e. The minimum atomic E-state index is -2.86. The van der Waals surface area contributed by atoms with E-state index in [1.54, 1.807) is 12.1 Å². The Kier molecular flexibility index (Phi) is 6.75. The van der Waals surface area contributed by atoms with Gasteiger partial charge in [0.2, 0.25) is 17.6 Å². The molecule has 1 amide bonds. The van der Waals surface area contributed by atoms with Crippen molar-refractivity contribution in [3.63, 3.8) is 0 Å². The summed E-state index contributed by atoms with van der Waals surface area (Å²) in [5.74, 6) is 1.20. The van der Waals surface area contributed by atoms with Gasteiger partial charge in [-0.2, -0.15) is 13.8 Å². The molecule has 0 unspecified atom stereocenters. The van der Waals surface area contributed by atoms with E-state index < -0.39 is 6.61 Å². The van der Waals surface area contributed by atoms with E-state index in [1.807, 2.05) is 36.1 Å². The molecule has 168 valence electrons.